The van der Waals surface area contributed by atoms with Crippen LogP contribution in [-0.4, -0.2) is 26.6 Å². The summed E-state index contributed by atoms with van der Waals surface area (Å²) in [6.45, 7) is 5.73. The fraction of sp³-hybridized carbons (Fsp3) is 0.300. The van der Waals surface area contributed by atoms with Crippen LogP contribution in [-0.2, 0) is 21.2 Å². The van der Waals surface area contributed by atoms with E-state index in [2.05, 4.69) is 29.1 Å². The Bertz CT molecular complexity index is 890. The number of hydrogen-bond donors (Lipinski definition) is 2. The zero-order valence-corrected chi connectivity index (χ0v) is 16.6. The Morgan fingerprint density at radius 1 is 1.04 bits per heavy atom. The molecule has 7 heteroatoms. The Kier molecular flexibility index (Phi) is 7.27. The van der Waals surface area contributed by atoms with Gasteiger partial charge in [-0.05, 0) is 42.5 Å². The monoisotopic (exact) mass is 387 g/mol. The number of hydrazone groups is 1. The van der Waals surface area contributed by atoms with Crippen molar-refractivity contribution in [2.24, 2.45) is 11.0 Å². The van der Waals surface area contributed by atoms with Crippen LogP contribution in [0.3, 0.4) is 0 Å². The number of amides is 1. The molecule has 1 amide bonds. The van der Waals surface area contributed by atoms with Gasteiger partial charge in [0.25, 0.3) is 5.91 Å². The first-order valence-electron chi connectivity index (χ1n) is 8.75. The number of carbonyl (C=O) groups excluding carboxylic acids is 1. The van der Waals surface area contributed by atoms with Crippen LogP contribution in [0.5, 0.6) is 0 Å². The molecule has 0 saturated carbocycles. The van der Waals surface area contributed by atoms with Crippen molar-refractivity contribution in [1.82, 2.24) is 10.1 Å². The van der Waals surface area contributed by atoms with E-state index in [9.17, 15) is 13.2 Å². The molecule has 2 aromatic rings. The van der Waals surface area contributed by atoms with Gasteiger partial charge in [-0.15, -0.1) is 0 Å². The average molecular weight is 388 g/mol. The Morgan fingerprint density at radius 2 is 1.67 bits per heavy atom. The van der Waals surface area contributed by atoms with Crippen molar-refractivity contribution in [3.8, 4) is 0 Å². The van der Waals surface area contributed by atoms with Crippen LogP contribution in [0.25, 0.3) is 0 Å². The van der Waals surface area contributed by atoms with E-state index < -0.39 is 15.9 Å². The molecule has 0 heterocycles. The summed E-state index contributed by atoms with van der Waals surface area (Å²) in [6.07, 6.45) is 1.01. The van der Waals surface area contributed by atoms with E-state index in [-0.39, 0.29) is 11.4 Å². The van der Waals surface area contributed by atoms with Crippen molar-refractivity contribution in [1.29, 1.82) is 0 Å². The summed E-state index contributed by atoms with van der Waals surface area (Å²) in [4.78, 5) is 12.0. The molecule has 0 radical (unpaired) electrons. The van der Waals surface area contributed by atoms with Gasteiger partial charge in [-0.1, -0.05) is 56.3 Å². The van der Waals surface area contributed by atoms with Crippen molar-refractivity contribution in [2.45, 2.75) is 32.1 Å². The third kappa shape index (κ3) is 6.62. The van der Waals surface area contributed by atoms with Gasteiger partial charge in [0.1, 0.15) is 0 Å². The van der Waals surface area contributed by atoms with E-state index in [1.54, 1.807) is 25.1 Å². The van der Waals surface area contributed by atoms with Crippen LogP contribution < -0.4 is 10.1 Å². The number of nitrogens with one attached hydrogen (secondary N) is 2. The molecule has 0 aliphatic carbocycles. The van der Waals surface area contributed by atoms with E-state index in [0.29, 0.717) is 11.6 Å². The van der Waals surface area contributed by atoms with Gasteiger partial charge in [-0.2, -0.15) is 5.10 Å². The average Bonchev–Trinajstić information content (AvgIpc) is 2.65. The number of benzene rings is 2. The molecule has 27 heavy (non-hydrogen) atoms. The van der Waals surface area contributed by atoms with Gasteiger partial charge in [-0.25, -0.2) is 18.6 Å². The Morgan fingerprint density at radius 3 is 2.26 bits per heavy atom. The van der Waals surface area contributed by atoms with Crippen molar-refractivity contribution >= 4 is 21.6 Å². The number of nitrogens with zero attached hydrogens (tertiary/aromatic N) is 1. The van der Waals surface area contributed by atoms with Crippen molar-refractivity contribution in [2.75, 3.05) is 6.54 Å². The quantitative estimate of drug-likeness (QED) is 0.539. The second-order valence-corrected chi connectivity index (χ2v) is 8.43. The SMILES string of the molecule is C/C(=N/NC(=O)CNS(=O)(=O)c1ccccc1)c1ccc(CC(C)C)cc1. The van der Waals surface area contributed by atoms with E-state index >= 15 is 0 Å². The first kappa shape index (κ1) is 20.8. The van der Waals surface area contributed by atoms with Crippen LogP contribution in [0, 0.1) is 5.92 Å². The highest BCUT2D eigenvalue weighted by molar-refractivity contribution is 7.89. The molecule has 0 atom stereocenters. The van der Waals surface area contributed by atoms with Crippen molar-refractivity contribution < 1.29 is 13.2 Å². The molecule has 144 valence electrons. The molecular weight excluding hydrogens is 362 g/mol. The molecule has 2 rings (SSSR count). The number of rotatable bonds is 8. The highest BCUT2D eigenvalue weighted by atomic mass is 32.2. The van der Waals surface area contributed by atoms with Gasteiger partial charge in [0, 0.05) is 0 Å². The third-order valence-electron chi connectivity index (χ3n) is 3.84. The number of sulfonamides is 1. The first-order chi connectivity index (χ1) is 12.8. The Labute approximate surface area is 160 Å². The summed E-state index contributed by atoms with van der Waals surface area (Å²) >= 11 is 0. The Balaban J connectivity index is 1.90. The standard InChI is InChI=1S/C20H25N3O3S/c1-15(2)13-17-9-11-18(12-10-17)16(3)22-23-20(24)14-21-27(25,26)19-7-5-4-6-8-19/h4-12,15,21H,13-14H2,1-3H3,(H,23,24)/b22-16-. The lowest BCUT2D eigenvalue weighted by atomic mass is 10.0. The van der Waals surface area contributed by atoms with Crippen LogP contribution >= 0.6 is 0 Å². The zero-order valence-electron chi connectivity index (χ0n) is 15.8. The maximum atomic E-state index is 12.1. The van der Waals surface area contributed by atoms with Gasteiger partial charge in [0.15, 0.2) is 0 Å². The minimum absolute atomic E-state index is 0.110. The predicted molar refractivity (Wildman–Crippen MR) is 107 cm³/mol. The Hall–Kier alpha value is -2.51. The van der Waals surface area contributed by atoms with E-state index in [1.807, 2.05) is 24.3 Å². The molecular formula is C20H25N3O3S. The predicted octanol–water partition coefficient (Wildman–Crippen LogP) is 2.70. The van der Waals surface area contributed by atoms with Gasteiger partial charge < -0.3 is 0 Å². The fourth-order valence-electron chi connectivity index (χ4n) is 2.45. The minimum atomic E-state index is -3.72. The number of hydrogen-bond acceptors (Lipinski definition) is 4. The van der Waals surface area contributed by atoms with Gasteiger partial charge in [0.05, 0.1) is 17.2 Å². The summed E-state index contributed by atoms with van der Waals surface area (Å²) in [6, 6.07) is 15.9. The summed E-state index contributed by atoms with van der Waals surface area (Å²) in [5.74, 6) is 0.0508. The third-order valence-corrected chi connectivity index (χ3v) is 5.26. The van der Waals surface area contributed by atoms with Crippen LogP contribution in [0.2, 0.25) is 0 Å². The summed E-state index contributed by atoms with van der Waals surface area (Å²) in [5.41, 5.74) is 5.16. The van der Waals surface area contributed by atoms with Crippen molar-refractivity contribution in [3.05, 3.63) is 65.7 Å². The molecule has 0 unspecified atom stereocenters. The molecule has 0 aliphatic rings. The second kappa shape index (κ2) is 9.43. The largest absolute Gasteiger partial charge is 0.272 e. The molecule has 2 N–H and O–H groups in total. The topological polar surface area (TPSA) is 87.6 Å². The molecule has 0 aliphatic heterocycles. The van der Waals surface area contributed by atoms with E-state index in [0.717, 1.165) is 12.0 Å². The molecule has 0 aromatic heterocycles. The highest BCUT2D eigenvalue weighted by Gasteiger charge is 2.14. The molecule has 0 bridgehead atoms. The van der Waals surface area contributed by atoms with Gasteiger partial charge in [-0.3, -0.25) is 4.79 Å². The summed E-state index contributed by atoms with van der Waals surface area (Å²) in [7, 11) is -3.72. The minimum Gasteiger partial charge on any atom is -0.272 e. The van der Waals surface area contributed by atoms with Crippen LogP contribution in [0.1, 0.15) is 31.9 Å². The van der Waals surface area contributed by atoms with Gasteiger partial charge in [0.2, 0.25) is 10.0 Å². The summed E-state index contributed by atoms with van der Waals surface area (Å²) in [5, 5.41) is 4.04. The second-order valence-electron chi connectivity index (χ2n) is 6.66. The molecule has 0 fully saturated rings. The first-order valence-corrected chi connectivity index (χ1v) is 10.2. The maximum absolute atomic E-state index is 12.1. The molecule has 0 saturated heterocycles. The molecule has 2 aromatic carbocycles. The lowest BCUT2D eigenvalue weighted by Crippen LogP contribution is -2.35. The normalized spacial score (nSPS) is 12.2. The van der Waals surface area contributed by atoms with Crippen LogP contribution in [0.15, 0.2) is 64.6 Å². The fourth-order valence-corrected chi connectivity index (χ4v) is 3.45. The van der Waals surface area contributed by atoms with E-state index in [1.165, 1.54) is 17.7 Å². The molecule has 6 nitrogen and oxygen atoms in total. The van der Waals surface area contributed by atoms with Crippen molar-refractivity contribution in [3.63, 3.8) is 0 Å². The highest BCUT2D eigenvalue weighted by Crippen LogP contribution is 2.10. The zero-order chi connectivity index (χ0) is 19.9. The summed E-state index contributed by atoms with van der Waals surface area (Å²) < 4.78 is 26.4. The number of carbonyl (C=O) groups is 1. The lowest BCUT2D eigenvalue weighted by Gasteiger charge is -2.07. The van der Waals surface area contributed by atoms with E-state index in [4.69, 9.17) is 0 Å². The van der Waals surface area contributed by atoms with Gasteiger partial charge >= 0.3 is 0 Å². The molecule has 0 spiro atoms. The maximum Gasteiger partial charge on any atom is 0.255 e. The lowest BCUT2D eigenvalue weighted by molar-refractivity contribution is -0.119. The smallest absolute Gasteiger partial charge is 0.255 e. The van der Waals surface area contributed by atoms with Crippen LogP contribution in [0.4, 0.5) is 0 Å².